The molecule has 1 N–H and O–H groups in total. The van der Waals surface area contributed by atoms with E-state index in [0.29, 0.717) is 0 Å². The van der Waals surface area contributed by atoms with E-state index in [4.69, 9.17) is 0 Å². The first-order chi connectivity index (χ1) is 8.74. The molecule has 0 radical (unpaired) electrons. The molecule has 0 aromatic heterocycles. The van der Waals surface area contributed by atoms with Crippen molar-refractivity contribution in [1.29, 1.82) is 0 Å². The Morgan fingerprint density at radius 2 is 2.17 bits per heavy atom. The van der Waals surface area contributed by atoms with Crippen molar-refractivity contribution in [3.63, 3.8) is 0 Å². The number of nitrogens with one attached hydrogen (secondary N) is 1. The topological polar surface area (TPSA) is 15.3 Å². The molecular weight excluding hydrogens is 240 g/mol. The Hall–Kier alpha value is 0.270. The molecule has 2 aliphatic heterocycles. The third kappa shape index (κ3) is 5.10. The van der Waals surface area contributed by atoms with Gasteiger partial charge in [0.2, 0.25) is 0 Å². The fourth-order valence-corrected chi connectivity index (χ4v) is 4.56. The van der Waals surface area contributed by atoms with Crippen LogP contribution in [0.15, 0.2) is 0 Å². The average molecular weight is 270 g/mol. The molecule has 2 saturated heterocycles. The highest BCUT2D eigenvalue weighted by Gasteiger charge is 2.22. The number of hydrogen-bond acceptors (Lipinski definition) is 3. The Labute approximate surface area is 117 Å². The SMILES string of the molecule is CC(C)CC1CN(CC2CCCCS2)CCCN1. The zero-order valence-electron chi connectivity index (χ0n) is 12.2. The van der Waals surface area contributed by atoms with Gasteiger partial charge < -0.3 is 10.2 Å². The lowest BCUT2D eigenvalue weighted by atomic mass is 10.0. The third-order valence-electron chi connectivity index (χ3n) is 4.05. The van der Waals surface area contributed by atoms with Gasteiger partial charge in [-0.2, -0.15) is 11.8 Å². The minimum atomic E-state index is 0.723. The minimum Gasteiger partial charge on any atom is -0.313 e. The van der Waals surface area contributed by atoms with Gasteiger partial charge in [0.05, 0.1) is 0 Å². The van der Waals surface area contributed by atoms with Gasteiger partial charge in [-0.05, 0) is 50.4 Å². The van der Waals surface area contributed by atoms with Crippen molar-refractivity contribution in [3.05, 3.63) is 0 Å². The summed E-state index contributed by atoms with van der Waals surface area (Å²) in [5.74, 6) is 2.21. The first kappa shape index (κ1) is 14.7. The van der Waals surface area contributed by atoms with Crippen LogP contribution in [-0.4, -0.2) is 48.1 Å². The van der Waals surface area contributed by atoms with Crippen LogP contribution in [-0.2, 0) is 0 Å². The summed E-state index contributed by atoms with van der Waals surface area (Å²) in [4.78, 5) is 2.73. The fourth-order valence-electron chi connectivity index (χ4n) is 3.21. The Morgan fingerprint density at radius 3 is 2.89 bits per heavy atom. The first-order valence-electron chi connectivity index (χ1n) is 7.81. The summed E-state index contributed by atoms with van der Waals surface area (Å²) in [7, 11) is 0. The number of thioether (sulfide) groups is 1. The number of hydrogen-bond donors (Lipinski definition) is 1. The van der Waals surface area contributed by atoms with Crippen molar-refractivity contribution in [2.75, 3.05) is 31.9 Å². The van der Waals surface area contributed by atoms with E-state index in [-0.39, 0.29) is 0 Å². The predicted octanol–water partition coefficient (Wildman–Crippen LogP) is 2.98. The molecule has 0 bridgehead atoms. The molecule has 18 heavy (non-hydrogen) atoms. The maximum Gasteiger partial charge on any atom is 0.0197 e. The largest absolute Gasteiger partial charge is 0.313 e. The second-order valence-corrected chi connectivity index (χ2v) is 7.79. The van der Waals surface area contributed by atoms with Crippen molar-refractivity contribution in [1.82, 2.24) is 10.2 Å². The second-order valence-electron chi connectivity index (χ2n) is 6.38. The van der Waals surface area contributed by atoms with E-state index in [0.717, 1.165) is 17.2 Å². The molecule has 0 spiro atoms. The molecule has 0 aromatic rings. The molecule has 2 aliphatic rings. The maximum absolute atomic E-state index is 3.73. The fraction of sp³-hybridized carbons (Fsp3) is 1.00. The summed E-state index contributed by atoms with van der Waals surface area (Å²) >= 11 is 2.22. The molecule has 2 atom stereocenters. The predicted molar refractivity (Wildman–Crippen MR) is 82.4 cm³/mol. The van der Waals surface area contributed by atoms with E-state index in [1.54, 1.807) is 0 Å². The van der Waals surface area contributed by atoms with E-state index >= 15 is 0 Å². The zero-order chi connectivity index (χ0) is 12.8. The van der Waals surface area contributed by atoms with Crippen LogP contribution in [0.3, 0.4) is 0 Å². The van der Waals surface area contributed by atoms with Crippen molar-refractivity contribution in [2.45, 2.75) is 57.2 Å². The highest BCUT2D eigenvalue weighted by molar-refractivity contribution is 7.99. The minimum absolute atomic E-state index is 0.723. The zero-order valence-corrected chi connectivity index (χ0v) is 13.0. The molecule has 3 heteroatoms. The van der Waals surface area contributed by atoms with Crippen LogP contribution in [0.4, 0.5) is 0 Å². The average Bonchev–Trinajstić information content (AvgIpc) is 2.55. The highest BCUT2D eigenvalue weighted by Crippen LogP contribution is 2.26. The smallest absolute Gasteiger partial charge is 0.0197 e. The van der Waals surface area contributed by atoms with E-state index in [1.807, 2.05) is 0 Å². The van der Waals surface area contributed by atoms with Crippen LogP contribution < -0.4 is 5.32 Å². The summed E-state index contributed by atoms with van der Waals surface area (Å²) in [6, 6.07) is 0.723. The molecule has 0 amide bonds. The monoisotopic (exact) mass is 270 g/mol. The van der Waals surface area contributed by atoms with E-state index < -0.39 is 0 Å². The van der Waals surface area contributed by atoms with Crippen LogP contribution in [0.25, 0.3) is 0 Å². The van der Waals surface area contributed by atoms with Crippen LogP contribution in [0.5, 0.6) is 0 Å². The van der Waals surface area contributed by atoms with E-state index in [1.165, 1.54) is 64.0 Å². The second kappa shape index (κ2) is 7.76. The van der Waals surface area contributed by atoms with E-state index in [9.17, 15) is 0 Å². The molecule has 2 unspecified atom stereocenters. The lowest BCUT2D eigenvalue weighted by Gasteiger charge is -2.30. The van der Waals surface area contributed by atoms with Crippen LogP contribution in [0, 0.1) is 5.92 Å². The van der Waals surface area contributed by atoms with Gasteiger partial charge in [0.15, 0.2) is 0 Å². The van der Waals surface area contributed by atoms with Gasteiger partial charge in [0.25, 0.3) is 0 Å². The van der Waals surface area contributed by atoms with Gasteiger partial charge in [0.1, 0.15) is 0 Å². The van der Waals surface area contributed by atoms with Crippen LogP contribution in [0.2, 0.25) is 0 Å². The van der Waals surface area contributed by atoms with Gasteiger partial charge in [-0.15, -0.1) is 0 Å². The summed E-state index contributed by atoms with van der Waals surface area (Å²) in [5.41, 5.74) is 0. The molecule has 2 fully saturated rings. The molecule has 0 aliphatic carbocycles. The molecular formula is C15H30N2S. The lowest BCUT2D eigenvalue weighted by Crippen LogP contribution is -2.41. The first-order valence-corrected chi connectivity index (χ1v) is 8.86. The molecule has 106 valence electrons. The van der Waals surface area contributed by atoms with E-state index in [2.05, 4.69) is 35.8 Å². The normalized spacial score (nSPS) is 31.5. The van der Waals surface area contributed by atoms with Gasteiger partial charge in [-0.25, -0.2) is 0 Å². The van der Waals surface area contributed by atoms with Gasteiger partial charge in [-0.1, -0.05) is 20.3 Å². The van der Waals surface area contributed by atoms with Crippen molar-refractivity contribution >= 4 is 11.8 Å². The quantitative estimate of drug-likeness (QED) is 0.845. The van der Waals surface area contributed by atoms with Crippen LogP contribution >= 0.6 is 11.8 Å². The molecule has 2 nitrogen and oxygen atoms in total. The Kier molecular flexibility index (Phi) is 6.33. The summed E-state index contributed by atoms with van der Waals surface area (Å²) in [6.45, 7) is 9.81. The van der Waals surface area contributed by atoms with Crippen molar-refractivity contribution < 1.29 is 0 Å². The number of nitrogens with zero attached hydrogens (tertiary/aromatic N) is 1. The van der Waals surface area contributed by atoms with Gasteiger partial charge in [0, 0.05) is 24.4 Å². The van der Waals surface area contributed by atoms with Crippen molar-refractivity contribution in [3.8, 4) is 0 Å². The molecule has 2 rings (SSSR count). The standard InChI is InChI=1S/C15H30N2S/c1-13(2)10-14-11-17(8-5-7-16-14)12-15-6-3-4-9-18-15/h13-16H,3-12H2,1-2H3. The molecule has 2 heterocycles. The highest BCUT2D eigenvalue weighted by atomic mass is 32.2. The Bertz CT molecular complexity index is 227. The van der Waals surface area contributed by atoms with Gasteiger partial charge in [-0.3, -0.25) is 0 Å². The maximum atomic E-state index is 3.73. The summed E-state index contributed by atoms with van der Waals surface area (Å²) < 4.78 is 0. The van der Waals surface area contributed by atoms with Gasteiger partial charge >= 0.3 is 0 Å². The lowest BCUT2D eigenvalue weighted by molar-refractivity contribution is 0.252. The Morgan fingerprint density at radius 1 is 1.28 bits per heavy atom. The third-order valence-corrected chi connectivity index (χ3v) is 5.44. The summed E-state index contributed by atoms with van der Waals surface area (Å²) in [5, 5.41) is 4.65. The molecule has 0 saturated carbocycles. The van der Waals surface area contributed by atoms with Crippen LogP contribution in [0.1, 0.15) is 46.0 Å². The Balaban J connectivity index is 1.78. The number of rotatable bonds is 4. The molecule has 0 aromatic carbocycles. The summed E-state index contributed by atoms with van der Waals surface area (Å²) in [6.07, 6.45) is 7.00. The van der Waals surface area contributed by atoms with Crippen molar-refractivity contribution in [2.24, 2.45) is 5.92 Å².